The van der Waals surface area contributed by atoms with Crippen molar-refractivity contribution in [2.75, 3.05) is 47.5 Å². The lowest BCUT2D eigenvalue weighted by Crippen LogP contribution is -2.37. The van der Waals surface area contributed by atoms with Gasteiger partial charge in [0.2, 0.25) is 0 Å². The van der Waals surface area contributed by atoms with E-state index in [-0.39, 0.29) is 19.6 Å². The van der Waals surface area contributed by atoms with Gasteiger partial charge in [-0.25, -0.2) is 4.79 Å². The molecule has 0 heterocycles. The highest BCUT2D eigenvalue weighted by Crippen LogP contribution is 2.38. The zero-order valence-corrected chi connectivity index (χ0v) is 35.5. The van der Waals surface area contributed by atoms with Crippen molar-refractivity contribution < 1.29 is 42.1 Å². The molecule has 2 atom stereocenters. The Bertz CT molecular complexity index is 1150. The molecule has 0 spiro atoms. The van der Waals surface area contributed by atoms with Crippen molar-refractivity contribution in [1.82, 2.24) is 0 Å². The Morgan fingerprint density at radius 1 is 0.630 bits per heavy atom. The first-order valence-electron chi connectivity index (χ1n) is 20.7. The number of rotatable bonds is 36. The average molecular weight is 778 g/mol. The molecule has 0 rings (SSSR count). The van der Waals surface area contributed by atoms with Gasteiger partial charge < -0.3 is 27.9 Å². The third-order valence-corrected chi connectivity index (χ3v) is 9.38. The van der Waals surface area contributed by atoms with Gasteiger partial charge in [-0.1, -0.05) is 164 Å². The van der Waals surface area contributed by atoms with Crippen molar-refractivity contribution in [3.8, 4) is 0 Å². The van der Waals surface area contributed by atoms with Crippen molar-refractivity contribution in [2.45, 2.75) is 148 Å². The Morgan fingerprint density at radius 3 is 1.69 bits per heavy atom. The molecule has 0 amide bonds. The average Bonchev–Trinajstić information content (AvgIpc) is 3.12. The zero-order valence-electron chi connectivity index (χ0n) is 34.6. The van der Waals surface area contributed by atoms with E-state index in [0.29, 0.717) is 17.4 Å². The molecule has 0 fully saturated rings. The van der Waals surface area contributed by atoms with Crippen LogP contribution in [0.4, 0.5) is 0 Å². The number of carbonyl (C=O) groups is 2. The SMILES string of the molecule is CC/C=C/C=C/C=C/C=C/CCCCCCCC(=O)OC[C@H](COP(=O)([O-])OCC[N+](C)(C)C)OC(=O)/C=C/C=C/CCCCCCCCCCCCC. The largest absolute Gasteiger partial charge is 0.756 e. The smallest absolute Gasteiger partial charge is 0.331 e. The molecular weight excluding hydrogens is 701 g/mol. The molecule has 0 N–H and O–H groups in total. The normalized spacial score (nSPS) is 14.4. The van der Waals surface area contributed by atoms with Crippen LogP contribution >= 0.6 is 7.82 Å². The van der Waals surface area contributed by atoms with Crippen molar-refractivity contribution in [3.63, 3.8) is 0 Å². The Balaban J connectivity index is 4.56. The van der Waals surface area contributed by atoms with Gasteiger partial charge in [0, 0.05) is 12.5 Å². The summed E-state index contributed by atoms with van der Waals surface area (Å²) in [6.45, 7) is 3.91. The lowest BCUT2D eigenvalue weighted by Gasteiger charge is -2.28. The number of esters is 2. The van der Waals surface area contributed by atoms with Crippen molar-refractivity contribution in [2.24, 2.45) is 0 Å². The molecular formula is C44H76NO8P. The monoisotopic (exact) mass is 778 g/mol. The predicted molar refractivity (Wildman–Crippen MR) is 222 cm³/mol. The molecule has 54 heavy (non-hydrogen) atoms. The Morgan fingerprint density at radius 2 is 1.13 bits per heavy atom. The molecule has 0 aliphatic carbocycles. The number of phosphoric ester groups is 1. The van der Waals surface area contributed by atoms with Crippen LogP contribution in [0.5, 0.6) is 0 Å². The van der Waals surface area contributed by atoms with Gasteiger partial charge in [-0.3, -0.25) is 9.36 Å². The third-order valence-electron chi connectivity index (χ3n) is 8.41. The Labute approximate surface area is 329 Å². The van der Waals surface area contributed by atoms with E-state index in [1.165, 1.54) is 70.3 Å². The van der Waals surface area contributed by atoms with Crippen LogP contribution < -0.4 is 4.89 Å². The minimum Gasteiger partial charge on any atom is -0.756 e. The van der Waals surface area contributed by atoms with Crippen LogP contribution in [0, 0.1) is 0 Å². The topological polar surface area (TPSA) is 111 Å². The predicted octanol–water partition coefficient (Wildman–Crippen LogP) is 10.8. The van der Waals surface area contributed by atoms with E-state index in [1.807, 2.05) is 57.6 Å². The molecule has 0 aliphatic rings. The summed E-state index contributed by atoms with van der Waals surface area (Å²) in [5.41, 5.74) is 0. The fourth-order valence-corrected chi connectivity index (χ4v) is 5.89. The number of hydrogen-bond acceptors (Lipinski definition) is 8. The molecule has 1 unspecified atom stereocenters. The van der Waals surface area contributed by atoms with Crippen molar-refractivity contribution in [1.29, 1.82) is 0 Å². The van der Waals surface area contributed by atoms with Crippen LogP contribution in [0.2, 0.25) is 0 Å². The molecule has 0 aromatic carbocycles. The lowest BCUT2D eigenvalue weighted by atomic mass is 10.1. The van der Waals surface area contributed by atoms with Gasteiger partial charge in [0.05, 0.1) is 27.7 Å². The maximum Gasteiger partial charge on any atom is 0.331 e. The Hall–Kier alpha value is -2.55. The standard InChI is InChI=1S/C44H76NO8P/c1-6-8-10-12-14-16-18-20-22-24-26-28-30-32-34-36-43(46)50-40-42(41-52-54(48,49)51-39-38-45(3,4)5)53-44(47)37-35-33-31-29-27-25-23-21-19-17-15-13-11-9-7-2/h8,10,12,14,16,18,20,22,31,33,35,37,42H,6-7,9,11,13,15,17,19,21,23-30,32,34,36,38-41H2,1-5H3/b10-8+,14-12+,18-16+,22-20+,33-31+,37-35+/t42-/m1/s1. The quantitative estimate of drug-likeness (QED) is 0.0154. The number of hydrogen-bond donors (Lipinski definition) is 0. The van der Waals surface area contributed by atoms with E-state index in [9.17, 15) is 19.0 Å². The number of quaternary nitrogens is 1. The third kappa shape index (κ3) is 39.2. The zero-order chi connectivity index (χ0) is 40.0. The molecule has 0 bridgehead atoms. The maximum absolute atomic E-state index is 12.5. The van der Waals surface area contributed by atoms with Crippen molar-refractivity contribution in [3.05, 3.63) is 72.9 Å². The second kappa shape index (κ2) is 36.1. The minimum atomic E-state index is -4.66. The summed E-state index contributed by atoms with van der Waals surface area (Å²) >= 11 is 0. The summed E-state index contributed by atoms with van der Waals surface area (Å²) in [4.78, 5) is 37.3. The molecule has 0 saturated heterocycles. The summed E-state index contributed by atoms with van der Waals surface area (Å²) in [7, 11) is 1.08. The van der Waals surface area contributed by atoms with Gasteiger partial charge in [-0.15, -0.1) is 0 Å². The van der Waals surface area contributed by atoms with Gasteiger partial charge in [-0.2, -0.15) is 0 Å². The lowest BCUT2D eigenvalue weighted by molar-refractivity contribution is -0.870. The maximum atomic E-state index is 12.5. The van der Waals surface area contributed by atoms with Crippen molar-refractivity contribution >= 4 is 19.8 Å². The molecule has 10 heteroatoms. The number of likely N-dealkylation sites (N-methyl/N-ethyl adjacent to an activating group) is 1. The number of carbonyl (C=O) groups excluding carboxylic acids is 2. The fourth-order valence-electron chi connectivity index (χ4n) is 5.16. The number of allylic oxidation sites excluding steroid dienone is 11. The van der Waals surface area contributed by atoms with E-state index in [2.05, 4.69) is 32.1 Å². The first-order valence-corrected chi connectivity index (χ1v) is 22.2. The van der Waals surface area contributed by atoms with Gasteiger partial charge in [0.1, 0.15) is 19.8 Å². The molecule has 0 aliphatic heterocycles. The van der Waals surface area contributed by atoms with Gasteiger partial charge in [0.15, 0.2) is 6.10 Å². The molecule has 0 aromatic rings. The highest BCUT2D eigenvalue weighted by molar-refractivity contribution is 7.45. The van der Waals surface area contributed by atoms with Gasteiger partial charge >= 0.3 is 11.9 Å². The molecule has 310 valence electrons. The first-order chi connectivity index (χ1) is 26.0. The highest BCUT2D eigenvalue weighted by atomic mass is 31.2. The first kappa shape index (κ1) is 51.5. The molecule has 0 radical (unpaired) electrons. The minimum absolute atomic E-state index is 0.0543. The van der Waals surface area contributed by atoms with E-state index in [1.54, 1.807) is 12.2 Å². The summed E-state index contributed by atoms with van der Waals surface area (Å²) in [6, 6.07) is 0. The van der Waals surface area contributed by atoms with Crippen LogP contribution in [0.25, 0.3) is 0 Å². The van der Waals surface area contributed by atoms with E-state index >= 15 is 0 Å². The number of unbranched alkanes of at least 4 members (excludes halogenated alkanes) is 16. The summed E-state index contributed by atoms with van der Waals surface area (Å²) in [5, 5.41) is 0. The van der Waals surface area contributed by atoms with Crippen LogP contribution in [-0.4, -0.2) is 70.0 Å². The fraction of sp³-hybridized carbons (Fsp3) is 0.682. The summed E-state index contributed by atoms with van der Waals surface area (Å²) in [6.07, 6.45) is 44.2. The van der Waals surface area contributed by atoms with Crippen LogP contribution in [0.3, 0.4) is 0 Å². The van der Waals surface area contributed by atoms with Gasteiger partial charge in [0.25, 0.3) is 7.82 Å². The summed E-state index contributed by atoms with van der Waals surface area (Å²) in [5.74, 6) is -1.12. The van der Waals surface area contributed by atoms with E-state index in [0.717, 1.165) is 51.4 Å². The van der Waals surface area contributed by atoms with Crippen LogP contribution in [0.1, 0.15) is 142 Å². The second-order valence-electron chi connectivity index (χ2n) is 14.8. The van der Waals surface area contributed by atoms with E-state index < -0.39 is 32.5 Å². The van der Waals surface area contributed by atoms with Crippen LogP contribution in [0.15, 0.2) is 72.9 Å². The number of ether oxygens (including phenoxy) is 2. The summed E-state index contributed by atoms with van der Waals surface area (Å²) < 4.78 is 33.6. The number of phosphoric acid groups is 1. The number of nitrogens with zero attached hydrogens (tertiary/aromatic N) is 1. The second-order valence-corrected chi connectivity index (χ2v) is 16.2. The van der Waals surface area contributed by atoms with E-state index in [4.69, 9.17) is 18.5 Å². The van der Waals surface area contributed by atoms with Crippen LogP contribution in [-0.2, 0) is 32.7 Å². The Kier molecular flexibility index (Phi) is 34.4. The van der Waals surface area contributed by atoms with Gasteiger partial charge in [-0.05, 0) is 38.5 Å². The highest BCUT2D eigenvalue weighted by Gasteiger charge is 2.21. The molecule has 0 aromatic heterocycles. The molecule has 0 saturated carbocycles. The molecule has 9 nitrogen and oxygen atoms in total.